The number of amides is 1. The molecule has 1 atom stereocenters. The Morgan fingerprint density at radius 1 is 1.00 bits per heavy atom. The van der Waals surface area contributed by atoms with Gasteiger partial charge in [0.2, 0.25) is 0 Å². The average molecular weight is 436 g/mol. The highest BCUT2D eigenvalue weighted by molar-refractivity contribution is 6.52. The van der Waals surface area contributed by atoms with E-state index >= 15 is 0 Å². The van der Waals surface area contributed by atoms with Crippen molar-refractivity contribution < 1.29 is 24.5 Å². The number of hydrogen-bond donors (Lipinski definition) is 2. The molecule has 0 radical (unpaired) electrons. The van der Waals surface area contributed by atoms with Gasteiger partial charge in [-0.25, -0.2) is 0 Å². The van der Waals surface area contributed by atoms with E-state index < -0.39 is 17.7 Å². The largest absolute Gasteiger partial charge is 0.507 e. The van der Waals surface area contributed by atoms with Gasteiger partial charge in [0.1, 0.15) is 17.3 Å². The Hall–Kier alpha value is -3.77. The summed E-state index contributed by atoms with van der Waals surface area (Å²) in [5, 5.41) is 21.7. The number of ether oxygens (including phenoxy) is 1. The molecule has 0 bridgehead atoms. The summed E-state index contributed by atoms with van der Waals surface area (Å²) >= 11 is 6.19. The van der Waals surface area contributed by atoms with E-state index in [1.165, 1.54) is 24.1 Å². The van der Waals surface area contributed by atoms with Gasteiger partial charge in [-0.2, -0.15) is 0 Å². The molecule has 3 aromatic carbocycles. The first-order valence-electron chi connectivity index (χ1n) is 9.42. The molecule has 1 unspecified atom stereocenters. The molecule has 3 aromatic rings. The van der Waals surface area contributed by atoms with Gasteiger partial charge in [0.05, 0.1) is 29.4 Å². The lowest BCUT2D eigenvalue weighted by atomic mass is 9.95. The lowest BCUT2D eigenvalue weighted by molar-refractivity contribution is -0.132. The lowest BCUT2D eigenvalue weighted by Gasteiger charge is -2.26. The number of aliphatic hydroxyl groups is 1. The summed E-state index contributed by atoms with van der Waals surface area (Å²) in [6, 6.07) is 18.7. The number of phenolic OH excluding ortho intramolecular Hbond substituents is 1. The fourth-order valence-corrected chi connectivity index (χ4v) is 3.93. The fraction of sp³-hybridized carbons (Fsp3) is 0.0833. The summed E-state index contributed by atoms with van der Waals surface area (Å²) in [5.74, 6) is -1.82. The maximum absolute atomic E-state index is 13.1. The van der Waals surface area contributed by atoms with E-state index in [-0.39, 0.29) is 33.4 Å². The summed E-state index contributed by atoms with van der Waals surface area (Å²) in [7, 11) is 1.47. The van der Waals surface area contributed by atoms with Crippen molar-refractivity contribution in [3.05, 3.63) is 94.5 Å². The Bertz CT molecular complexity index is 1210. The number of hydrogen-bond acceptors (Lipinski definition) is 5. The minimum absolute atomic E-state index is 0.0966. The Balaban J connectivity index is 1.95. The van der Waals surface area contributed by atoms with Crippen molar-refractivity contribution in [2.24, 2.45) is 0 Å². The van der Waals surface area contributed by atoms with E-state index in [1.807, 2.05) is 0 Å². The van der Waals surface area contributed by atoms with Gasteiger partial charge in [0.15, 0.2) is 0 Å². The second-order valence-electron chi connectivity index (χ2n) is 6.92. The van der Waals surface area contributed by atoms with Gasteiger partial charge in [-0.05, 0) is 35.9 Å². The molecule has 1 aliphatic rings. The second-order valence-corrected chi connectivity index (χ2v) is 7.33. The molecule has 1 heterocycles. The first-order valence-corrected chi connectivity index (χ1v) is 9.79. The molecule has 31 heavy (non-hydrogen) atoms. The third-order valence-corrected chi connectivity index (χ3v) is 5.42. The molecule has 0 saturated carbocycles. The number of phenols is 1. The third-order valence-electron chi connectivity index (χ3n) is 5.13. The Morgan fingerprint density at radius 2 is 1.68 bits per heavy atom. The highest BCUT2D eigenvalue weighted by Gasteiger charge is 2.47. The van der Waals surface area contributed by atoms with Crippen molar-refractivity contribution in [1.82, 2.24) is 0 Å². The molecular formula is C24H18ClNO5. The number of nitrogens with zero attached hydrogens (tertiary/aromatic N) is 1. The SMILES string of the molecule is COc1ccc(/C(O)=C2/C(=O)C(=O)N(c3ccccc3O)C2c2ccccc2)cc1Cl. The van der Waals surface area contributed by atoms with Crippen LogP contribution in [0, 0.1) is 0 Å². The zero-order valence-electron chi connectivity index (χ0n) is 16.4. The summed E-state index contributed by atoms with van der Waals surface area (Å²) in [6.07, 6.45) is 0. The van der Waals surface area contributed by atoms with Crippen LogP contribution in [0.5, 0.6) is 11.5 Å². The number of ketones is 1. The van der Waals surface area contributed by atoms with Gasteiger partial charge in [-0.3, -0.25) is 14.5 Å². The van der Waals surface area contributed by atoms with Crippen molar-refractivity contribution in [2.45, 2.75) is 6.04 Å². The van der Waals surface area contributed by atoms with Crippen LogP contribution in [-0.2, 0) is 9.59 Å². The molecule has 0 spiro atoms. The van der Waals surface area contributed by atoms with Gasteiger partial charge in [0, 0.05) is 5.56 Å². The number of carbonyl (C=O) groups is 2. The number of Topliss-reactive ketones (excluding diaryl/α,β-unsaturated/α-hetero) is 1. The van der Waals surface area contributed by atoms with E-state index in [1.54, 1.807) is 60.7 Å². The molecule has 7 heteroatoms. The summed E-state index contributed by atoms with van der Waals surface area (Å²) in [6.45, 7) is 0. The first kappa shape index (κ1) is 20.5. The van der Waals surface area contributed by atoms with Crippen LogP contribution in [0.1, 0.15) is 17.2 Å². The molecule has 6 nitrogen and oxygen atoms in total. The number of benzene rings is 3. The van der Waals surface area contributed by atoms with Crippen molar-refractivity contribution in [3.63, 3.8) is 0 Å². The van der Waals surface area contributed by atoms with E-state index in [9.17, 15) is 19.8 Å². The number of carbonyl (C=O) groups excluding carboxylic acids is 2. The van der Waals surface area contributed by atoms with Crippen LogP contribution < -0.4 is 9.64 Å². The predicted octanol–water partition coefficient (Wildman–Crippen LogP) is 4.68. The maximum atomic E-state index is 13.1. The van der Waals surface area contributed by atoms with Gasteiger partial charge in [0.25, 0.3) is 11.7 Å². The predicted molar refractivity (Wildman–Crippen MR) is 117 cm³/mol. The standard InChI is InChI=1S/C24H18ClNO5/c1-31-19-12-11-15(13-16(19)25)22(28)20-21(14-7-3-2-4-8-14)26(24(30)23(20)29)17-9-5-6-10-18(17)27/h2-13,21,27-28H,1H3/b22-20-. The number of aliphatic hydroxyl groups excluding tert-OH is 1. The molecular weight excluding hydrogens is 418 g/mol. The molecule has 1 aliphatic heterocycles. The Labute approximate surface area is 183 Å². The zero-order valence-corrected chi connectivity index (χ0v) is 17.2. The minimum Gasteiger partial charge on any atom is -0.507 e. The topological polar surface area (TPSA) is 87.1 Å². The molecule has 0 aliphatic carbocycles. The molecule has 156 valence electrons. The van der Waals surface area contributed by atoms with Crippen molar-refractivity contribution >= 4 is 34.7 Å². The summed E-state index contributed by atoms with van der Waals surface area (Å²) in [4.78, 5) is 27.3. The van der Waals surface area contributed by atoms with Gasteiger partial charge < -0.3 is 14.9 Å². The number of para-hydroxylation sites is 2. The fourth-order valence-electron chi connectivity index (χ4n) is 3.67. The van der Waals surface area contributed by atoms with Gasteiger partial charge in [-0.1, -0.05) is 54.1 Å². The Kier molecular flexibility index (Phi) is 5.40. The van der Waals surface area contributed by atoms with E-state index in [2.05, 4.69) is 0 Å². The van der Waals surface area contributed by atoms with Crippen molar-refractivity contribution in [1.29, 1.82) is 0 Å². The molecule has 2 N–H and O–H groups in total. The minimum atomic E-state index is -0.935. The number of anilines is 1. The van der Waals surface area contributed by atoms with E-state index in [0.717, 1.165) is 0 Å². The highest BCUT2D eigenvalue weighted by atomic mass is 35.5. The first-order chi connectivity index (χ1) is 14.9. The van der Waals surface area contributed by atoms with Crippen LogP contribution in [0.2, 0.25) is 5.02 Å². The normalized spacial score (nSPS) is 17.7. The van der Waals surface area contributed by atoms with Crippen LogP contribution in [0.4, 0.5) is 5.69 Å². The van der Waals surface area contributed by atoms with Gasteiger partial charge >= 0.3 is 0 Å². The van der Waals surface area contributed by atoms with Crippen LogP contribution in [0.3, 0.4) is 0 Å². The van der Waals surface area contributed by atoms with Crippen LogP contribution >= 0.6 is 11.6 Å². The molecule has 4 rings (SSSR count). The molecule has 1 fully saturated rings. The zero-order chi connectivity index (χ0) is 22.1. The number of halogens is 1. The van der Waals surface area contributed by atoms with Crippen LogP contribution in [0.15, 0.2) is 78.4 Å². The number of rotatable bonds is 4. The smallest absolute Gasteiger partial charge is 0.300 e. The second kappa shape index (κ2) is 8.16. The maximum Gasteiger partial charge on any atom is 0.300 e. The lowest BCUT2D eigenvalue weighted by Crippen LogP contribution is -2.29. The third kappa shape index (κ3) is 3.51. The summed E-state index contributed by atoms with van der Waals surface area (Å²) < 4.78 is 5.14. The quantitative estimate of drug-likeness (QED) is 0.353. The highest BCUT2D eigenvalue weighted by Crippen LogP contribution is 2.44. The molecule has 1 saturated heterocycles. The Morgan fingerprint density at radius 3 is 2.32 bits per heavy atom. The average Bonchev–Trinajstić information content (AvgIpc) is 3.04. The van der Waals surface area contributed by atoms with E-state index in [4.69, 9.17) is 16.3 Å². The van der Waals surface area contributed by atoms with Gasteiger partial charge in [-0.15, -0.1) is 0 Å². The molecule has 0 aromatic heterocycles. The van der Waals surface area contributed by atoms with E-state index in [0.29, 0.717) is 11.3 Å². The van der Waals surface area contributed by atoms with Crippen molar-refractivity contribution in [2.75, 3.05) is 12.0 Å². The number of methoxy groups -OCH3 is 1. The van der Waals surface area contributed by atoms with Crippen LogP contribution in [-0.4, -0.2) is 29.0 Å². The van der Waals surface area contributed by atoms with Crippen LogP contribution in [0.25, 0.3) is 5.76 Å². The molecule has 1 amide bonds. The summed E-state index contributed by atoms with van der Waals surface area (Å²) in [5.41, 5.74) is 0.944. The number of aromatic hydroxyl groups is 1. The monoisotopic (exact) mass is 435 g/mol. The van der Waals surface area contributed by atoms with Crippen molar-refractivity contribution in [3.8, 4) is 11.5 Å².